The summed E-state index contributed by atoms with van der Waals surface area (Å²) in [6, 6.07) is 3.84. The summed E-state index contributed by atoms with van der Waals surface area (Å²) < 4.78 is 42.3. The first-order chi connectivity index (χ1) is 8.77. The predicted molar refractivity (Wildman–Crippen MR) is 58.9 cm³/mol. The minimum atomic E-state index is -4.56. The maximum Gasteiger partial charge on any atom is 0.416 e. The molecule has 8 heteroatoms. The Balaban J connectivity index is 2.50. The van der Waals surface area contributed by atoms with Crippen molar-refractivity contribution in [1.29, 1.82) is 0 Å². The second kappa shape index (κ2) is 4.58. The average Bonchev–Trinajstić information content (AvgIpc) is 2.76. The fourth-order valence-electron chi connectivity index (χ4n) is 1.41. The van der Waals surface area contributed by atoms with Gasteiger partial charge in [0.05, 0.1) is 5.56 Å². The zero-order valence-corrected chi connectivity index (χ0v) is 9.79. The van der Waals surface area contributed by atoms with Crippen molar-refractivity contribution in [2.75, 3.05) is 0 Å². The van der Waals surface area contributed by atoms with Crippen LogP contribution in [0.25, 0.3) is 11.3 Å². The van der Waals surface area contributed by atoms with E-state index in [1.165, 1.54) is 6.07 Å². The van der Waals surface area contributed by atoms with Gasteiger partial charge in [0, 0.05) is 16.7 Å². The van der Waals surface area contributed by atoms with Gasteiger partial charge >= 0.3 is 12.1 Å². The number of alkyl halides is 3. The van der Waals surface area contributed by atoms with Crippen LogP contribution in [0, 0.1) is 0 Å². The first kappa shape index (κ1) is 13.4. The minimum Gasteiger partial charge on any atom is -0.475 e. The van der Waals surface area contributed by atoms with Gasteiger partial charge in [-0.15, -0.1) is 0 Å². The molecular formula is C11H5ClF3NO3. The largest absolute Gasteiger partial charge is 0.475 e. The summed E-state index contributed by atoms with van der Waals surface area (Å²) in [5.41, 5.74) is -0.962. The molecule has 0 saturated heterocycles. The van der Waals surface area contributed by atoms with Crippen molar-refractivity contribution >= 4 is 17.6 Å². The van der Waals surface area contributed by atoms with Crippen molar-refractivity contribution in [3.8, 4) is 11.3 Å². The molecule has 100 valence electrons. The van der Waals surface area contributed by atoms with E-state index in [1.54, 1.807) is 0 Å². The lowest BCUT2D eigenvalue weighted by molar-refractivity contribution is -0.137. The molecule has 0 radical (unpaired) electrons. The summed E-state index contributed by atoms with van der Waals surface area (Å²) in [6.45, 7) is 0. The Morgan fingerprint density at radius 2 is 1.95 bits per heavy atom. The van der Waals surface area contributed by atoms with Crippen molar-refractivity contribution in [2.45, 2.75) is 6.18 Å². The summed E-state index contributed by atoms with van der Waals surface area (Å²) in [6.07, 6.45) is -4.56. The van der Waals surface area contributed by atoms with Gasteiger partial charge in [-0.1, -0.05) is 16.8 Å². The van der Waals surface area contributed by atoms with Crippen LogP contribution >= 0.6 is 11.6 Å². The fourth-order valence-corrected chi connectivity index (χ4v) is 1.65. The fraction of sp³-hybridized carbons (Fsp3) is 0.0909. The van der Waals surface area contributed by atoms with E-state index in [9.17, 15) is 18.0 Å². The van der Waals surface area contributed by atoms with E-state index in [0.717, 1.165) is 18.2 Å². The number of carbonyl (C=O) groups is 1. The highest BCUT2D eigenvalue weighted by Crippen LogP contribution is 2.34. The highest BCUT2D eigenvalue weighted by atomic mass is 35.5. The Hall–Kier alpha value is -2.02. The third-order valence-corrected chi connectivity index (χ3v) is 2.46. The Morgan fingerprint density at radius 1 is 1.26 bits per heavy atom. The number of carboxylic acid groups (broad SMARTS) is 1. The predicted octanol–water partition coefficient (Wildman–Crippen LogP) is 3.71. The lowest BCUT2D eigenvalue weighted by atomic mass is 10.1. The number of nitrogens with zero attached hydrogens (tertiary/aromatic N) is 1. The standard InChI is InChI=1S/C11H5ClF3NO3/c12-7-2-5(1-6(3-7)11(13,14)15)8-4-9(10(17)18)19-16-8/h1-4H,(H,17,18). The summed E-state index contributed by atoms with van der Waals surface area (Å²) in [4.78, 5) is 10.6. The summed E-state index contributed by atoms with van der Waals surface area (Å²) in [7, 11) is 0. The summed E-state index contributed by atoms with van der Waals surface area (Å²) in [5, 5.41) is 11.9. The van der Waals surface area contributed by atoms with Gasteiger partial charge in [-0.05, 0) is 18.2 Å². The van der Waals surface area contributed by atoms with Gasteiger partial charge < -0.3 is 9.63 Å². The molecule has 2 aromatic rings. The van der Waals surface area contributed by atoms with E-state index in [1.807, 2.05) is 0 Å². The van der Waals surface area contributed by atoms with Crippen LogP contribution in [-0.4, -0.2) is 16.2 Å². The molecule has 0 spiro atoms. The van der Waals surface area contributed by atoms with Crippen LogP contribution in [0.1, 0.15) is 16.1 Å². The molecule has 1 heterocycles. The van der Waals surface area contributed by atoms with Gasteiger partial charge in [0.15, 0.2) is 0 Å². The number of hydrogen-bond donors (Lipinski definition) is 1. The number of halogens is 4. The molecule has 19 heavy (non-hydrogen) atoms. The first-order valence-corrected chi connectivity index (χ1v) is 5.23. The maximum absolute atomic E-state index is 12.6. The number of benzene rings is 1. The van der Waals surface area contributed by atoms with Gasteiger partial charge in [-0.2, -0.15) is 13.2 Å². The number of carboxylic acids is 1. The molecule has 0 aliphatic carbocycles. The van der Waals surface area contributed by atoms with Crippen molar-refractivity contribution in [1.82, 2.24) is 5.16 Å². The second-order valence-electron chi connectivity index (χ2n) is 3.61. The summed E-state index contributed by atoms with van der Waals surface area (Å²) in [5.74, 6) is -1.83. The topological polar surface area (TPSA) is 63.3 Å². The molecule has 0 atom stereocenters. The Bertz CT molecular complexity index is 636. The van der Waals surface area contributed by atoms with Crippen LogP contribution < -0.4 is 0 Å². The van der Waals surface area contributed by atoms with E-state index >= 15 is 0 Å². The SMILES string of the molecule is O=C(O)c1cc(-c2cc(Cl)cc(C(F)(F)F)c2)no1. The summed E-state index contributed by atoms with van der Waals surface area (Å²) >= 11 is 5.60. The molecule has 1 aromatic heterocycles. The highest BCUT2D eigenvalue weighted by molar-refractivity contribution is 6.31. The van der Waals surface area contributed by atoms with Crippen molar-refractivity contribution < 1.29 is 27.6 Å². The molecular weight excluding hydrogens is 287 g/mol. The Kier molecular flexibility index (Phi) is 3.23. The highest BCUT2D eigenvalue weighted by Gasteiger charge is 2.31. The quantitative estimate of drug-likeness (QED) is 0.916. The molecule has 0 amide bonds. The Labute approximate surface area is 109 Å². The van der Waals surface area contributed by atoms with Crippen LogP contribution in [0.5, 0.6) is 0 Å². The lowest BCUT2D eigenvalue weighted by Crippen LogP contribution is -2.04. The zero-order chi connectivity index (χ0) is 14.2. The third-order valence-electron chi connectivity index (χ3n) is 2.24. The molecule has 2 rings (SSSR count). The molecule has 0 aliphatic rings. The monoisotopic (exact) mass is 291 g/mol. The van der Waals surface area contributed by atoms with Gasteiger partial charge in [0.1, 0.15) is 5.69 Å². The number of hydrogen-bond acceptors (Lipinski definition) is 3. The smallest absolute Gasteiger partial charge is 0.416 e. The van der Waals surface area contributed by atoms with Gasteiger partial charge in [0.25, 0.3) is 0 Å². The maximum atomic E-state index is 12.6. The van der Waals surface area contributed by atoms with Crippen LogP contribution in [-0.2, 0) is 6.18 Å². The number of aromatic carboxylic acids is 1. The zero-order valence-electron chi connectivity index (χ0n) is 9.03. The molecule has 1 N–H and O–H groups in total. The molecule has 0 unspecified atom stereocenters. The van der Waals surface area contributed by atoms with Crippen LogP contribution in [0.4, 0.5) is 13.2 Å². The number of rotatable bonds is 2. The van der Waals surface area contributed by atoms with E-state index in [2.05, 4.69) is 9.68 Å². The van der Waals surface area contributed by atoms with E-state index < -0.39 is 23.5 Å². The van der Waals surface area contributed by atoms with Crippen molar-refractivity contribution in [3.63, 3.8) is 0 Å². The first-order valence-electron chi connectivity index (χ1n) is 4.85. The minimum absolute atomic E-state index is 0.0241. The van der Waals surface area contributed by atoms with E-state index in [-0.39, 0.29) is 16.3 Å². The van der Waals surface area contributed by atoms with Crippen molar-refractivity contribution in [2.24, 2.45) is 0 Å². The van der Waals surface area contributed by atoms with Gasteiger partial charge in [-0.3, -0.25) is 0 Å². The molecule has 0 saturated carbocycles. The van der Waals surface area contributed by atoms with Crippen LogP contribution in [0.15, 0.2) is 28.8 Å². The van der Waals surface area contributed by atoms with E-state index in [4.69, 9.17) is 16.7 Å². The van der Waals surface area contributed by atoms with Crippen LogP contribution in [0.2, 0.25) is 5.02 Å². The number of aromatic nitrogens is 1. The average molecular weight is 292 g/mol. The van der Waals surface area contributed by atoms with Gasteiger partial charge in [-0.25, -0.2) is 4.79 Å². The third kappa shape index (κ3) is 2.87. The molecule has 0 fully saturated rings. The van der Waals surface area contributed by atoms with Gasteiger partial charge in [0.2, 0.25) is 5.76 Å². The molecule has 0 aliphatic heterocycles. The second-order valence-corrected chi connectivity index (χ2v) is 4.04. The lowest BCUT2D eigenvalue weighted by Gasteiger charge is -2.08. The van der Waals surface area contributed by atoms with Crippen molar-refractivity contribution in [3.05, 3.63) is 40.6 Å². The van der Waals surface area contributed by atoms with Crippen LogP contribution in [0.3, 0.4) is 0 Å². The molecule has 0 bridgehead atoms. The molecule has 4 nitrogen and oxygen atoms in total. The normalized spacial score (nSPS) is 11.6. The molecule has 1 aromatic carbocycles. The Morgan fingerprint density at radius 3 is 2.47 bits per heavy atom. The van der Waals surface area contributed by atoms with E-state index in [0.29, 0.717) is 0 Å².